The van der Waals surface area contributed by atoms with Crippen molar-refractivity contribution in [3.05, 3.63) is 41.5 Å². The third kappa shape index (κ3) is 3.84. The number of aliphatic hydroxyl groups excluding tert-OH is 1. The van der Waals surface area contributed by atoms with Gasteiger partial charge in [-0.3, -0.25) is 0 Å². The van der Waals surface area contributed by atoms with E-state index in [1.54, 1.807) is 0 Å². The van der Waals surface area contributed by atoms with E-state index in [0.29, 0.717) is 45.1 Å². The van der Waals surface area contributed by atoms with E-state index in [2.05, 4.69) is 15.6 Å². The van der Waals surface area contributed by atoms with E-state index in [1.165, 1.54) is 11.3 Å². The van der Waals surface area contributed by atoms with Crippen LogP contribution in [0.4, 0.5) is 5.13 Å². The van der Waals surface area contributed by atoms with Gasteiger partial charge in [-0.15, -0.1) is 5.10 Å². The van der Waals surface area contributed by atoms with Gasteiger partial charge in [0.2, 0.25) is 0 Å². The maximum Gasteiger partial charge on any atom is 0.181 e. The number of aromatic nitrogens is 1. The second kappa shape index (κ2) is 8.63. The molecule has 0 saturated carbocycles. The minimum Gasteiger partial charge on any atom is -0.396 e. The first-order valence-corrected chi connectivity index (χ1v) is 10.4. The molecule has 0 amide bonds. The highest BCUT2D eigenvalue weighted by atomic mass is 32.2. The van der Waals surface area contributed by atoms with Gasteiger partial charge in [0, 0.05) is 17.7 Å². The molecule has 3 rings (SSSR count). The van der Waals surface area contributed by atoms with E-state index in [9.17, 15) is 9.32 Å². The van der Waals surface area contributed by atoms with Crippen molar-refractivity contribution in [1.29, 1.82) is 0 Å². The number of aryl methyl sites for hydroxylation is 1. The number of fused-ring (bicyclic) bond motifs is 1. The van der Waals surface area contributed by atoms with E-state index in [-0.39, 0.29) is 12.4 Å². The second-order valence-corrected chi connectivity index (χ2v) is 8.00. The standard InChI is InChI=1S/C17H21N7O2S2/c18-16(23-24-20)13-10(7-6-9(3-2-8-25)15(13)28(21)26)11-4-1-5-12-14(11)22-17(19)27-12/h1,4-7,24-25H,2-3,8,20-21H2,(H2,18,23)(H2,19,22). The first-order chi connectivity index (χ1) is 13.5. The van der Waals surface area contributed by atoms with Crippen LogP contribution < -0.4 is 28.0 Å². The average molecular weight is 420 g/mol. The van der Waals surface area contributed by atoms with Gasteiger partial charge in [-0.1, -0.05) is 35.6 Å². The molecule has 0 bridgehead atoms. The number of rotatable bonds is 7. The SMILES string of the molecule is NN/N=C(\N)c1c(-c2cccc3sc(N)nc23)ccc(CCCO)c1S(N)=O. The van der Waals surface area contributed by atoms with Crippen LogP contribution in [0.1, 0.15) is 17.5 Å². The zero-order chi connectivity index (χ0) is 20.3. The number of hydrogen-bond acceptors (Lipinski definition) is 8. The summed E-state index contributed by atoms with van der Waals surface area (Å²) in [7, 11) is -1.85. The van der Waals surface area contributed by atoms with Crippen molar-refractivity contribution in [2.75, 3.05) is 12.3 Å². The predicted octanol–water partition coefficient (Wildman–Crippen LogP) is 0.535. The van der Waals surface area contributed by atoms with Crippen molar-refractivity contribution >= 4 is 43.5 Å². The van der Waals surface area contributed by atoms with Gasteiger partial charge in [0.15, 0.2) is 11.0 Å². The lowest BCUT2D eigenvalue weighted by molar-refractivity contribution is 0.288. The first kappa shape index (κ1) is 20.2. The maximum absolute atomic E-state index is 12.4. The molecule has 1 unspecified atom stereocenters. The first-order valence-electron chi connectivity index (χ1n) is 8.35. The highest BCUT2D eigenvalue weighted by molar-refractivity contribution is 7.82. The largest absolute Gasteiger partial charge is 0.396 e. The van der Waals surface area contributed by atoms with E-state index in [4.69, 9.17) is 22.4 Å². The molecule has 9 nitrogen and oxygen atoms in total. The van der Waals surface area contributed by atoms with Crippen LogP contribution in [0.2, 0.25) is 0 Å². The number of anilines is 1. The van der Waals surface area contributed by atoms with Crippen LogP contribution in [0.3, 0.4) is 0 Å². The van der Waals surface area contributed by atoms with Crippen molar-refractivity contribution in [2.45, 2.75) is 17.7 Å². The van der Waals surface area contributed by atoms with Crippen molar-refractivity contribution in [3.63, 3.8) is 0 Å². The molecule has 0 aliphatic carbocycles. The Balaban J connectivity index is 2.35. The molecule has 148 valence electrons. The molecule has 10 N–H and O–H groups in total. The Bertz CT molecular complexity index is 1070. The molecule has 0 fully saturated rings. The van der Waals surface area contributed by atoms with Gasteiger partial charge < -0.3 is 16.6 Å². The summed E-state index contributed by atoms with van der Waals surface area (Å²) < 4.78 is 13.4. The molecule has 3 aromatic rings. The second-order valence-electron chi connectivity index (χ2n) is 5.93. The smallest absolute Gasteiger partial charge is 0.181 e. The summed E-state index contributed by atoms with van der Waals surface area (Å²) in [4.78, 5) is 4.77. The number of hydrazine groups is 1. The number of para-hydroxylation sites is 1. The van der Waals surface area contributed by atoms with E-state index < -0.39 is 11.0 Å². The maximum atomic E-state index is 12.4. The van der Waals surface area contributed by atoms with Crippen LogP contribution in [-0.2, 0) is 17.4 Å². The lowest BCUT2D eigenvalue weighted by atomic mass is 9.94. The minimum atomic E-state index is -1.85. The highest BCUT2D eigenvalue weighted by Gasteiger charge is 2.22. The summed E-state index contributed by atoms with van der Waals surface area (Å²) in [5.74, 6) is 5.35. The van der Waals surface area contributed by atoms with E-state index >= 15 is 0 Å². The van der Waals surface area contributed by atoms with Crippen molar-refractivity contribution in [2.24, 2.45) is 21.8 Å². The lowest BCUT2D eigenvalue weighted by Gasteiger charge is -2.17. The molecule has 0 radical (unpaired) electrons. The molecule has 1 atom stereocenters. The topological polar surface area (TPSA) is 179 Å². The number of nitrogens with two attached hydrogens (primary N) is 4. The summed E-state index contributed by atoms with van der Waals surface area (Å²) in [6.45, 7) is -0.000926. The van der Waals surface area contributed by atoms with E-state index in [0.717, 1.165) is 10.3 Å². The third-order valence-electron chi connectivity index (χ3n) is 4.21. The number of thiazole rings is 1. The van der Waals surface area contributed by atoms with Crippen molar-refractivity contribution in [1.82, 2.24) is 10.5 Å². The summed E-state index contributed by atoms with van der Waals surface area (Å²) in [6, 6.07) is 9.35. The quantitative estimate of drug-likeness (QED) is 0.140. The van der Waals surface area contributed by atoms with Gasteiger partial charge in [-0.05, 0) is 30.0 Å². The molecular weight excluding hydrogens is 398 g/mol. The molecule has 1 aromatic heterocycles. The summed E-state index contributed by atoms with van der Waals surface area (Å²) >= 11 is 1.37. The molecule has 0 saturated heterocycles. The van der Waals surface area contributed by atoms with Crippen LogP contribution >= 0.6 is 11.3 Å². The number of aliphatic hydroxyl groups is 1. The number of nitrogen functional groups attached to an aromatic ring is 1. The lowest BCUT2D eigenvalue weighted by Crippen LogP contribution is -2.26. The summed E-state index contributed by atoms with van der Waals surface area (Å²) in [5.41, 5.74) is 17.5. The Morgan fingerprint density at radius 2 is 2.07 bits per heavy atom. The van der Waals surface area contributed by atoms with Crippen LogP contribution in [0, 0.1) is 0 Å². The van der Waals surface area contributed by atoms with Gasteiger partial charge in [-0.25, -0.2) is 25.7 Å². The number of benzene rings is 2. The molecule has 11 heteroatoms. The molecule has 0 spiro atoms. The van der Waals surface area contributed by atoms with Crippen LogP contribution in [0.15, 0.2) is 40.3 Å². The van der Waals surface area contributed by atoms with E-state index in [1.807, 2.05) is 30.3 Å². The Morgan fingerprint density at radius 3 is 2.75 bits per heavy atom. The fraction of sp³-hybridized carbons (Fsp3) is 0.176. The monoisotopic (exact) mass is 419 g/mol. The number of nitrogens with one attached hydrogen (secondary N) is 1. The Morgan fingerprint density at radius 1 is 1.29 bits per heavy atom. The molecule has 2 aromatic carbocycles. The average Bonchev–Trinajstić information content (AvgIpc) is 3.05. The van der Waals surface area contributed by atoms with Crippen molar-refractivity contribution < 1.29 is 9.32 Å². The molecule has 0 aliphatic rings. The van der Waals surface area contributed by atoms with Gasteiger partial charge in [0.25, 0.3) is 0 Å². The Labute approximate surface area is 168 Å². The van der Waals surface area contributed by atoms with Gasteiger partial charge in [-0.2, -0.15) is 0 Å². The Kier molecular flexibility index (Phi) is 6.21. The zero-order valence-corrected chi connectivity index (χ0v) is 16.5. The fourth-order valence-electron chi connectivity index (χ4n) is 3.11. The summed E-state index contributed by atoms with van der Waals surface area (Å²) in [5, 5.41) is 19.3. The van der Waals surface area contributed by atoms with Gasteiger partial charge in [0.05, 0.1) is 15.1 Å². The third-order valence-corrected chi connectivity index (χ3v) is 5.93. The molecule has 28 heavy (non-hydrogen) atoms. The number of hydrazone groups is 1. The normalized spacial score (nSPS) is 13.0. The molecule has 1 heterocycles. The predicted molar refractivity (Wildman–Crippen MR) is 114 cm³/mol. The number of nitrogens with zero attached hydrogens (tertiary/aromatic N) is 2. The van der Waals surface area contributed by atoms with Gasteiger partial charge in [0.1, 0.15) is 11.0 Å². The minimum absolute atomic E-state index is 0.000926. The highest BCUT2D eigenvalue weighted by Crippen LogP contribution is 2.36. The zero-order valence-electron chi connectivity index (χ0n) is 14.9. The molecular formula is C17H21N7O2S2. The van der Waals surface area contributed by atoms with Gasteiger partial charge >= 0.3 is 0 Å². The number of hydrogen-bond donors (Lipinski definition) is 6. The van der Waals surface area contributed by atoms with Crippen LogP contribution in [-0.4, -0.2) is 26.7 Å². The van der Waals surface area contributed by atoms with Crippen molar-refractivity contribution in [3.8, 4) is 11.1 Å². The molecule has 0 aliphatic heterocycles. The fourth-order valence-corrected chi connectivity index (χ4v) is 4.71. The number of amidine groups is 1. The van der Waals surface area contributed by atoms with Crippen LogP contribution in [0.5, 0.6) is 0 Å². The summed E-state index contributed by atoms with van der Waals surface area (Å²) in [6.07, 6.45) is 0.979. The van der Waals surface area contributed by atoms with Crippen LogP contribution in [0.25, 0.3) is 21.3 Å². The Hall–Kier alpha value is -2.57.